The van der Waals surface area contributed by atoms with Gasteiger partial charge in [-0.3, -0.25) is 9.89 Å². The number of benzene rings is 1. The molecule has 1 aromatic heterocycles. The maximum absolute atomic E-state index is 12.0. The normalized spacial score (nSPS) is 10.6. The Kier molecular flexibility index (Phi) is 4.65. The number of rotatable bonds is 6. The van der Waals surface area contributed by atoms with Crippen molar-refractivity contribution in [3.63, 3.8) is 0 Å². The summed E-state index contributed by atoms with van der Waals surface area (Å²) in [5.74, 6) is -0.0948. The van der Waals surface area contributed by atoms with Crippen LogP contribution in [0.3, 0.4) is 0 Å². The first-order valence-electron chi connectivity index (χ1n) is 5.96. The van der Waals surface area contributed by atoms with Gasteiger partial charge in [-0.05, 0) is 24.1 Å². The highest BCUT2D eigenvalue weighted by atomic mass is 19.3. The van der Waals surface area contributed by atoms with E-state index in [0.29, 0.717) is 18.5 Å². The van der Waals surface area contributed by atoms with Gasteiger partial charge in [0.1, 0.15) is 5.75 Å². The number of halogens is 2. The molecule has 0 radical (unpaired) electrons. The van der Waals surface area contributed by atoms with Crippen molar-refractivity contribution in [3.8, 4) is 5.75 Å². The first kappa shape index (κ1) is 14.0. The molecule has 1 heterocycles. The van der Waals surface area contributed by atoms with Crippen LogP contribution in [0.5, 0.6) is 5.75 Å². The summed E-state index contributed by atoms with van der Waals surface area (Å²) in [5, 5.41) is 8.97. The zero-order valence-electron chi connectivity index (χ0n) is 10.5. The van der Waals surface area contributed by atoms with Crippen molar-refractivity contribution in [1.82, 2.24) is 15.5 Å². The largest absolute Gasteiger partial charge is 0.435 e. The van der Waals surface area contributed by atoms with Crippen LogP contribution in [0.1, 0.15) is 15.9 Å². The van der Waals surface area contributed by atoms with Crippen molar-refractivity contribution in [1.29, 1.82) is 0 Å². The Morgan fingerprint density at radius 1 is 1.35 bits per heavy atom. The summed E-state index contributed by atoms with van der Waals surface area (Å²) in [6.07, 6.45) is 3.54. The van der Waals surface area contributed by atoms with Crippen molar-refractivity contribution in [2.45, 2.75) is 13.0 Å². The number of H-pyrrole nitrogens is 1. The minimum atomic E-state index is -2.82. The third-order valence-electron chi connectivity index (χ3n) is 2.61. The standard InChI is InChI=1S/C13H13F2N3O2/c14-13(15)20-11-3-1-9(2-4-11)5-6-16-12(19)10-7-17-18-8-10/h1-4,7-8,13H,5-6H2,(H,16,19)(H,17,18). The maximum atomic E-state index is 12.0. The van der Waals surface area contributed by atoms with Crippen LogP contribution in [-0.4, -0.2) is 29.3 Å². The van der Waals surface area contributed by atoms with Gasteiger partial charge in [-0.1, -0.05) is 12.1 Å². The van der Waals surface area contributed by atoms with Gasteiger partial charge in [0.05, 0.1) is 11.8 Å². The molecule has 7 heteroatoms. The van der Waals surface area contributed by atoms with E-state index in [1.54, 1.807) is 12.1 Å². The van der Waals surface area contributed by atoms with E-state index in [4.69, 9.17) is 0 Å². The third-order valence-corrected chi connectivity index (χ3v) is 2.61. The van der Waals surface area contributed by atoms with E-state index >= 15 is 0 Å². The van der Waals surface area contributed by atoms with Gasteiger partial charge in [-0.15, -0.1) is 0 Å². The number of amides is 1. The fraction of sp³-hybridized carbons (Fsp3) is 0.231. The van der Waals surface area contributed by atoms with Gasteiger partial charge in [-0.2, -0.15) is 13.9 Å². The SMILES string of the molecule is O=C(NCCc1ccc(OC(F)F)cc1)c1cn[nH]c1. The molecule has 20 heavy (non-hydrogen) atoms. The zero-order chi connectivity index (χ0) is 14.4. The molecule has 1 aromatic carbocycles. The average Bonchev–Trinajstić information content (AvgIpc) is 2.94. The molecule has 2 aromatic rings. The molecule has 5 nitrogen and oxygen atoms in total. The molecule has 0 saturated heterocycles. The van der Waals surface area contributed by atoms with Crippen molar-refractivity contribution in [2.75, 3.05) is 6.54 Å². The quantitative estimate of drug-likeness (QED) is 0.851. The van der Waals surface area contributed by atoms with E-state index in [2.05, 4.69) is 20.3 Å². The second kappa shape index (κ2) is 6.65. The third kappa shape index (κ3) is 4.04. The van der Waals surface area contributed by atoms with Crippen LogP contribution in [-0.2, 0) is 6.42 Å². The predicted molar refractivity (Wildman–Crippen MR) is 67.7 cm³/mol. The van der Waals surface area contributed by atoms with Gasteiger partial charge in [0.25, 0.3) is 5.91 Å². The number of ether oxygens (including phenoxy) is 1. The second-order valence-electron chi connectivity index (χ2n) is 4.02. The fourth-order valence-electron chi connectivity index (χ4n) is 1.64. The summed E-state index contributed by atoms with van der Waals surface area (Å²) in [4.78, 5) is 11.6. The summed E-state index contributed by atoms with van der Waals surface area (Å²) >= 11 is 0. The molecule has 0 atom stereocenters. The monoisotopic (exact) mass is 281 g/mol. The number of aromatic nitrogens is 2. The minimum absolute atomic E-state index is 0.117. The minimum Gasteiger partial charge on any atom is -0.435 e. The number of nitrogens with one attached hydrogen (secondary N) is 2. The molecule has 0 aliphatic carbocycles. The van der Waals surface area contributed by atoms with Crippen LogP contribution in [0.4, 0.5) is 8.78 Å². The summed E-state index contributed by atoms with van der Waals surface area (Å²) in [6.45, 7) is -2.38. The van der Waals surface area contributed by atoms with E-state index in [0.717, 1.165) is 5.56 Å². The van der Waals surface area contributed by atoms with Crippen molar-refractivity contribution in [3.05, 3.63) is 47.8 Å². The molecule has 0 unspecified atom stereocenters. The maximum Gasteiger partial charge on any atom is 0.387 e. The average molecular weight is 281 g/mol. The predicted octanol–water partition coefficient (Wildman–Crippen LogP) is 1.98. The Hall–Kier alpha value is -2.44. The zero-order valence-corrected chi connectivity index (χ0v) is 10.5. The Labute approximate surface area is 114 Å². The molecule has 106 valence electrons. The first-order chi connectivity index (χ1) is 9.65. The topological polar surface area (TPSA) is 67.0 Å². The Balaban J connectivity index is 1.78. The van der Waals surface area contributed by atoms with E-state index in [1.807, 2.05) is 0 Å². The lowest BCUT2D eigenvalue weighted by Crippen LogP contribution is -2.25. The highest BCUT2D eigenvalue weighted by Gasteiger charge is 2.06. The van der Waals surface area contributed by atoms with Crippen molar-refractivity contribution in [2.24, 2.45) is 0 Å². The van der Waals surface area contributed by atoms with Gasteiger partial charge in [0.15, 0.2) is 0 Å². The number of carbonyl (C=O) groups is 1. The molecule has 2 N–H and O–H groups in total. The van der Waals surface area contributed by atoms with Crippen LogP contribution in [0.2, 0.25) is 0 Å². The van der Waals surface area contributed by atoms with E-state index in [1.165, 1.54) is 24.5 Å². The Bertz CT molecular complexity index is 541. The molecule has 0 bridgehead atoms. The van der Waals surface area contributed by atoms with E-state index < -0.39 is 6.61 Å². The fourth-order valence-corrected chi connectivity index (χ4v) is 1.64. The second-order valence-corrected chi connectivity index (χ2v) is 4.02. The number of carbonyl (C=O) groups excluding carboxylic acids is 1. The van der Waals surface area contributed by atoms with Gasteiger partial charge in [0, 0.05) is 12.7 Å². The smallest absolute Gasteiger partial charge is 0.387 e. The summed E-state index contributed by atoms with van der Waals surface area (Å²) in [7, 11) is 0. The molecular weight excluding hydrogens is 268 g/mol. The summed E-state index contributed by atoms with van der Waals surface area (Å²) in [6, 6.07) is 6.31. The highest BCUT2D eigenvalue weighted by molar-refractivity contribution is 5.93. The number of nitrogens with zero attached hydrogens (tertiary/aromatic N) is 1. The molecule has 0 fully saturated rings. The van der Waals surface area contributed by atoms with E-state index in [-0.39, 0.29) is 11.7 Å². The Morgan fingerprint density at radius 3 is 2.70 bits per heavy atom. The van der Waals surface area contributed by atoms with Crippen molar-refractivity contribution >= 4 is 5.91 Å². The number of alkyl halides is 2. The molecule has 0 aliphatic heterocycles. The van der Waals surface area contributed by atoms with Gasteiger partial charge < -0.3 is 10.1 Å². The van der Waals surface area contributed by atoms with E-state index in [9.17, 15) is 13.6 Å². The van der Waals surface area contributed by atoms with Crippen LogP contribution in [0.25, 0.3) is 0 Å². The van der Waals surface area contributed by atoms with Crippen LogP contribution >= 0.6 is 0 Å². The van der Waals surface area contributed by atoms with Crippen LogP contribution in [0, 0.1) is 0 Å². The number of aromatic amines is 1. The summed E-state index contributed by atoms with van der Waals surface area (Å²) in [5.41, 5.74) is 1.38. The van der Waals surface area contributed by atoms with Crippen molar-refractivity contribution < 1.29 is 18.3 Å². The first-order valence-corrected chi connectivity index (χ1v) is 5.96. The lowest BCUT2D eigenvalue weighted by molar-refractivity contribution is -0.0498. The lowest BCUT2D eigenvalue weighted by Gasteiger charge is -2.06. The molecule has 0 spiro atoms. The van der Waals surface area contributed by atoms with Crippen LogP contribution < -0.4 is 10.1 Å². The highest BCUT2D eigenvalue weighted by Crippen LogP contribution is 2.14. The number of hydrogen-bond donors (Lipinski definition) is 2. The molecular formula is C13H13F2N3O2. The van der Waals surface area contributed by atoms with Gasteiger partial charge >= 0.3 is 6.61 Å². The molecule has 0 aliphatic rings. The number of hydrogen-bond acceptors (Lipinski definition) is 3. The van der Waals surface area contributed by atoms with Gasteiger partial charge in [-0.25, -0.2) is 0 Å². The molecule has 0 saturated carbocycles. The van der Waals surface area contributed by atoms with Gasteiger partial charge in [0.2, 0.25) is 0 Å². The Morgan fingerprint density at radius 2 is 2.10 bits per heavy atom. The molecule has 2 rings (SSSR count). The lowest BCUT2D eigenvalue weighted by atomic mass is 10.1. The molecule has 1 amide bonds. The summed E-state index contributed by atoms with van der Waals surface area (Å²) < 4.78 is 28.2. The van der Waals surface area contributed by atoms with Crippen LogP contribution in [0.15, 0.2) is 36.7 Å².